The highest BCUT2D eigenvalue weighted by Crippen LogP contribution is 2.24. The van der Waals surface area contributed by atoms with Crippen molar-refractivity contribution in [3.05, 3.63) is 29.3 Å². The maximum absolute atomic E-state index is 13.2. The molecule has 1 aromatic carbocycles. The molecule has 14 heavy (non-hydrogen) atoms. The van der Waals surface area contributed by atoms with Crippen LogP contribution < -0.4 is 4.74 Å². The van der Waals surface area contributed by atoms with E-state index in [-0.39, 0.29) is 11.6 Å². The first kappa shape index (κ1) is 11.2. The zero-order chi connectivity index (χ0) is 10.6. The fraction of sp³-hybridized carbons (Fsp3) is 0.400. The number of hydrogen-bond donors (Lipinski definition) is 0. The number of benzene rings is 1. The van der Waals surface area contributed by atoms with Crippen LogP contribution in [0.3, 0.4) is 0 Å². The van der Waals surface area contributed by atoms with E-state index in [1.165, 1.54) is 12.1 Å². The minimum Gasteiger partial charge on any atom is -0.488 e. The molecule has 0 spiro atoms. The minimum absolute atomic E-state index is 0.0852. The number of rotatable bonds is 4. The summed E-state index contributed by atoms with van der Waals surface area (Å²) >= 11 is 5.45. The van der Waals surface area contributed by atoms with Gasteiger partial charge in [0.1, 0.15) is 0 Å². The third-order valence-electron chi connectivity index (χ3n) is 1.66. The van der Waals surface area contributed by atoms with Gasteiger partial charge in [0.2, 0.25) is 0 Å². The molecule has 0 saturated carbocycles. The largest absolute Gasteiger partial charge is 0.488 e. The molecule has 0 aliphatic rings. The van der Waals surface area contributed by atoms with Crippen LogP contribution in [0.4, 0.5) is 8.78 Å². The number of halogens is 3. The molecule has 0 unspecified atom stereocenters. The molecule has 1 aromatic rings. The Kier molecular flexibility index (Phi) is 4.14. The van der Waals surface area contributed by atoms with E-state index in [4.69, 9.17) is 16.3 Å². The van der Waals surface area contributed by atoms with E-state index in [1.54, 1.807) is 0 Å². The van der Waals surface area contributed by atoms with Crippen molar-refractivity contribution in [2.75, 3.05) is 6.61 Å². The monoisotopic (exact) mass is 220 g/mol. The highest BCUT2D eigenvalue weighted by atomic mass is 35.5. The van der Waals surface area contributed by atoms with Gasteiger partial charge in [-0.3, -0.25) is 0 Å². The molecule has 1 nitrogen and oxygen atoms in total. The van der Waals surface area contributed by atoms with Crippen LogP contribution in [0.2, 0.25) is 0 Å². The van der Waals surface area contributed by atoms with Crippen molar-refractivity contribution < 1.29 is 13.5 Å². The molecule has 0 saturated heterocycles. The molecule has 4 heteroatoms. The molecule has 0 amide bonds. The van der Waals surface area contributed by atoms with Gasteiger partial charge in [-0.2, -0.15) is 0 Å². The first-order valence-electron chi connectivity index (χ1n) is 4.35. The van der Waals surface area contributed by atoms with Crippen molar-refractivity contribution in [2.45, 2.75) is 19.2 Å². The van der Waals surface area contributed by atoms with Gasteiger partial charge >= 0.3 is 0 Å². The Morgan fingerprint density at radius 1 is 1.29 bits per heavy atom. The van der Waals surface area contributed by atoms with Crippen LogP contribution in [0, 0.1) is 11.6 Å². The predicted molar refractivity (Wildman–Crippen MR) is 51.7 cm³/mol. The molecule has 78 valence electrons. The summed E-state index contributed by atoms with van der Waals surface area (Å²) in [6.45, 7) is 2.16. The molecule has 0 aliphatic carbocycles. The van der Waals surface area contributed by atoms with Gasteiger partial charge in [0.25, 0.3) is 0 Å². The number of hydrogen-bond acceptors (Lipinski definition) is 1. The predicted octanol–water partition coefficient (Wildman–Crippen LogP) is 3.49. The second kappa shape index (κ2) is 5.15. The Hall–Kier alpha value is -0.830. The van der Waals surface area contributed by atoms with Crippen molar-refractivity contribution in [1.29, 1.82) is 0 Å². The standard InChI is InChI=1S/C10H11ClF2O/c1-2-3-14-10-8(12)4-7(6-11)5-9(10)13/h4-5H,2-3,6H2,1H3. The van der Waals surface area contributed by atoms with Crippen molar-refractivity contribution in [1.82, 2.24) is 0 Å². The van der Waals surface area contributed by atoms with Gasteiger partial charge in [-0.25, -0.2) is 8.78 Å². The van der Waals surface area contributed by atoms with E-state index in [0.29, 0.717) is 18.6 Å². The van der Waals surface area contributed by atoms with E-state index in [9.17, 15) is 8.78 Å². The minimum atomic E-state index is -0.700. The Bertz CT molecular complexity index is 292. The van der Waals surface area contributed by atoms with Crippen LogP contribution >= 0.6 is 11.6 Å². The summed E-state index contributed by atoms with van der Waals surface area (Å²) in [6.07, 6.45) is 0.705. The Balaban J connectivity index is 2.93. The number of alkyl halides is 1. The van der Waals surface area contributed by atoms with E-state index in [0.717, 1.165) is 0 Å². The molecule has 1 rings (SSSR count). The van der Waals surface area contributed by atoms with Crippen molar-refractivity contribution in [3.8, 4) is 5.75 Å². The van der Waals surface area contributed by atoms with E-state index >= 15 is 0 Å². The highest BCUT2D eigenvalue weighted by Gasteiger charge is 2.11. The molecule has 0 atom stereocenters. The van der Waals surface area contributed by atoms with Crippen LogP contribution in [0.5, 0.6) is 5.75 Å². The van der Waals surface area contributed by atoms with E-state index < -0.39 is 11.6 Å². The third-order valence-corrected chi connectivity index (χ3v) is 1.97. The van der Waals surface area contributed by atoms with Crippen LogP contribution in [-0.2, 0) is 5.88 Å². The second-order valence-corrected chi connectivity index (χ2v) is 3.14. The van der Waals surface area contributed by atoms with Gasteiger partial charge in [0, 0.05) is 5.88 Å². The molecule has 0 radical (unpaired) electrons. The van der Waals surface area contributed by atoms with Gasteiger partial charge in [0.05, 0.1) is 6.61 Å². The molecule has 0 N–H and O–H groups in total. The molecule has 0 aliphatic heterocycles. The lowest BCUT2D eigenvalue weighted by atomic mass is 10.2. The van der Waals surface area contributed by atoms with Gasteiger partial charge in [-0.1, -0.05) is 6.92 Å². The first-order chi connectivity index (χ1) is 6.69. The summed E-state index contributed by atoms with van der Waals surface area (Å²) in [4.78, 5) is 0. The van der Waals surface area contributed by atoms with E-state index in [1.807, 2.05) is 6.92 Å². The SMILES string of the molecule is CCCOc1c(F)cc(CCl)cc1F. The number of ether oxygens (including phenoxy) is 1. The normalized spacial score (nSPS) is 10.3. The van der Waals surface area contributed by atoms with Crippen LogP contribution in [0.1, 0.15) is 18.9 Å². The quantitative estimate of drug-likeness (QED) is 0.706. The van der Waals surface area contributed by atoms with Crippen LogP contribution in [0.25, 0.3) is 0 Å². The lowest BCUT2D eigenvalue weighted by Crippen LogP contribution is -2.01. The molecule has 0 bridgehead atoms. The lowest BCUT2D eigenvalue weighted by Gasteiger charge is -2.07. The summed E-state index contributed by atoms with van der Waals surface area (Å²) < 4.78 is 31.3. The van der Waals surface area contributed by atoms with E-state index in [2.05, 4.69) is 0 Å². The van der Waals surface area contributed by atoms with Crippen molar-refractivity contribution >= 4 is 11.6 Å². The Morgan fingerprint density at radius 2 is 1.86 bits per heavy atom. The summed E-state index contributed by atoms with van der Waals surface area (Å²) in [6, 6.07) is 2.36. The summed E-state index contributed by atoms with van der Waals surface area (Å²) in [7, 11) is 0. The van der Waals surface area contributed by atoms with Crippen molar-refractivity contribution in [2.24, 2.45) is 0 Å². The highest BCUT2D eigenvalue weighted by molar-refractivity contribution is 6.17. The maximum atomic E-state index is 13.2. The molecule has 0 fully saturated rings. The summed E-state index contributed by atoms with van der Waals surface area (Å²) in [5.41, 5.74) is 0.408. The van der Waals surface area contributed by atoms with Crippen LogP contribution in [-0.4, -0.2) is 6.61 Å². The summed E-state index contributed by atoms with van der Waals surface area (Å²) in [5, 5.41) is 0. The second-order valence-electron chi connectivity index (χ2n) is 2.87. The topological polar surface area (TPSA) is 9.23 Å². The maximum Gasteiger partial charge on any atom is 0.190 e. The zero-order valence-corrected chi connectivity index (χ0v) is 8.57. The van der Waals surface area contributed by atoms with Gasteiger partial charge in [-0.15, -0.1) is 11.6 Å². The smallest absolute Gasteiger partial charge is 0.190 e. The average molecular weight is 221 g/mol. The third kappa shape index (κ3) is 2.58. The molecular formula is C10H11ClF2O. The molecule has 0 aromatic heterocycles. The molecular weight excluding hydrogens is 210 g/mol. The fourth-order valence-electron chi connectivity index (χ4n) is 1.03. The Labute approximate surface area is 86.6 Å². The first-order valence-corrected chi connectivity index (χ1v) is 4.89. The Morgan fingerprint density at radius 3 is 2.29 bits per heavy atom. The lowest BCUT2D eigenvalue weighted by molar-refractivity contribution is 0.284. The van der Waals surface area contributed by atoms with Gasteiger partial charge in [0.15, 0.2) is 17.4 Å². The molecule has 0 heterocycles. The van der Waals surface area contributed by atoms with Gasteiger partial charge in [-0.05, 0) is 24.1 Å². The van der Waals surface area contributed by atoms with Crippen molar-refractivity contribution in [3.63, 3.8) is 0 Å². The summed E-state index contributed by atoms with van der Waals surface area (Å²) in [5.74, 6) is -1.63. The average Bonchev–Trinajstić information content (AvgIpc) is 2.16. The fourth-order valence-corrected chi connectivity index (χ4v) is 1.19. The zero-order valence-electron chi connectivity index (χ0n) is 7.82. The van der Waals surface area contributed by atoms with Gasteiger partial charge < -0.3 is 4.74 Å². The van der Waals surface area contributed by atoms with Crippen LogP contribution in [0.15, 0.2) is 12.1 Å².